The Balaban J connectivity index is 1.92. The van der Waals surface area contributed by atoms with E-state index < -0.39 is 5.82 Å². The first-order valence-corrected chi connectivity index (χ1v) is 6.94. The zero-order chi connectivity index (χ0) is 14.5. The first-order chi connectivity index (χ1) is 9.60. The number of benzene rings is 1. The van der Waals surface area contributed by atoms with Crippen LogP contribution in [0.2, 0.25) is 0 Å². The Morgan fingerprint density at radius 3 is 3.00 bits per heavy atom. The number of carbonyl (C=O) groups is 2. The molecule has 1 atom stereocenters. The van der Waals surface area contributed by atoms with Gasteiger partial charge in [-0.2, -0.15) is 0 Å². The number of rotatable bonds is 5. The Morgan fingerprint density at radius 1 is 1.50 bits per heavy atom. The predicted octanol–water partition coefficient (Wildman–Crippen LogP) is 2.41. The smallest absolute Gasteiger partial charge is 0.229 e. The van der Waals surface area contributed by atoms with Crippen molar-refractivity contribution in [2.45, 2.75) is 26.2 Å². The summed E-state index contributed by atoms with van der Waals surface area (Å²) in [6.45, 7) is 3.23. The summed E-state index contributed by atoms with van der Waals surface area (Å²) in [4.78, 5) is 25.6. The number of halogens is 1. The maximum absolute atomic E-state index is 13.0. The van der Waals surface area contributed by atoms with Crippen molar-refractivity contribution in [1.82, 2.24) is 4.90 Å². The summed E-state index contributed by atoms with van der Waals surface area (Å²) in [5, 5.41) is 2.66. The van der Waals surface area contributed by atoms with Crippen LogP contribution in [0.1, 0.15) is 26.2 Å². The Morgan fingerprint density at radius 2 is 2.30 bits per heavy atom. The molecule has 1 aromatic carbocycles. The van der Waals surface area contributed by atoms with Gasteiger partial charge in [0, 0.05) is 25.2 Å². The molecule has 1 N–H and O–H groups in total. The van der Waals surface area contributed by atoms with Crippen LogP contribution < -0.4 is 5.32 Å². The Hall–Kier alpha value is -1.91. The van der Waals surface area contributed by atoms with Gasteiger partial charge in [0.1, 0.15) is 5.82 Å². The maximum Gasteiger partial charge on any atom is 0.229 e. The van der Waals surface area contributed by atoms with Gasteiger partial charge >= 0.3 is 0 Å². The van der Waals surface area contributed by atoms with Crippen LogP contribution in [-0.4, -0.2) is 29.8 Å². The molecule has 1 saturated heterocycles. The van der Waals surface area contributed by atoms with Gasteiger partial charge in [0.25, 0.3) is 0 Å². The highest BCUT2D eigenvalue weighted by atomic mass is 19.1. The summed E-state index contributed by atoms with van der Waals surface area (Å²) in [6, 6.07) is 5.76. The Labute approximate surface area is 118 Å². The van der Waals surface area contributed by atoms with Gasteiger partial charge in [0.05, 0.1) is 5.92 Å². The molecule has 1 fully saturated rings. The van der Waals surface area contributed by atoms with Crippen molar-refractivity contribution in [2.24, 2.45) is 5.92 Å². The maximum atomic E-state index is 13.0. The van der Waals surface area contributed by atoms with E-state index in [-0.39, 0.29) is 24.2 Å². The van der Waals surface area contributed by atoms with E-state index in [9.17, 15) is 14.0 Å². The van der Waals surface area contributed by atoms with Gasteiger partial charge in [0.2, 0.25) is 11.8 Å². The van der Waals surface area contributed by atoms with Crippen molar-refractivity contribution >= 4 is 17.5 Å². The number of hydrogen-bond donors (Lipinski definition) is 1. The summed E-state index contributed by atoms with van der Waals surface area (Å²) in [7, 11) is 0. The standard InChI is InChI=1S/C15H19FN2O2/c1-2-3-7-18-10-11(8-14(18)19)15(20)17-13-6-4-5-12(16)9-13/h4-6,9,11H,2-3,7-8,10H2,1H3,(H,17,20). The Kier molecular flexibility index (Phi) is 4.71. The highest BCUT2D eigenvalue weighted by Gasteiger charge is 2.33. The molecule has 108 valence electrons. The first-order valence-electron chi connectivity index (χ1n) is 6.94. The second kappa shape index (κ2) is 6.50. The second-order valence-electron chi connectivity index (χ2n) is 5.09. The number of anilines is 1. The molecule has 1 heterocycles. The van der Waals surface area contributed by atoms with Gasteiger partial charge in [-0.1, -0.05) is 19.4 Å². The van der Waals surface area contributed by atoms with Gasteiger partial charge in [-0.25, -0.2) is 4.39 Å². The van der Waals surface area contributed by atoms with Crippen molar-refractivity contribution in [2.75, 3.05) is 18.4 Å². The van der Waals surface area contributed by atoms with Gasteiger partial charge in [0.15, 0.2) is 0 Å². The molecule has 1 aromatic rings. The molecule has 1 aliphatic rings. The molecule has 0 bridgehead atoms. The van der Waals surface area contributed by atoms with Crippen LogP contribution in [0.15, 0.2) is 24.3 Å². The third-order valence-corrected chi connectivity index (χ3v) is 3.46. The molecule has 0 spiro atoms. The highest BCUT2D eigenvalue weighted by Crippen LogP contribution is 2.20. The minimum Gasteiger partial charge on any atom is -0.342 e. The van der Waals surface area contributed by atoms with Crippen molar-refractivity contribution in [3.63, 3.8) is 0 Å². The molecule has 0 saturated carbocycles. The number of unbranched alkanes of at least 4 members (excludes halogenated alkanes) is 1. The summed E-state index contributed by atoms with van der Waals surface area (Å²) < 4.78 is 13.0. The summed E-state index contributed by atoms with van der Waals surface area (Å²) in [6.07, 6.45) is 2.21. The lowest BCUT2D eigenvalue weighted by Crippen LogP contribution is -2.29. The lowest BCUT2D eigenvalue weighted by Gasteiger charge is -2.15. The van der Waals surface area contributed by atoms with Crippen LogP contribution in [0.4, 0.5) is 10.1 Å². The quantitative estimate of drug-likeness (QED) is 0.899. The van der Waals surface area contributed by atoms with E-state index in [1.54, 1.807) is 11.0 Å². The molecule has 1 aliphatic heterocycles. The van der Waals surface area contributed by atoms with Crippen molar-refractivity contribution in [3.8, 4) is 0 Å². The van der Waals surface area contributed by atoms with Gasteiger partial charge in [-0.15, -0.1) is 0 Å². The number of likely N-dealkylation sites (tertiary alicyclic amines) is 1. The van der Waals surface area contributed by atoms with Gasteiger partial charge in [-0.3, -0.25) is 9.59 Å². The fourth-order valence-corrected chi connectivity index (χ4v) is 2.32. The highest BCUT2D eigenvalue weighted by molar-refractivity contribution is 5.97. The number of hydrogen-bond acceptors (Lipinski definition) is 2. The van der Waals surface area contributed by atoms with E-state index in [0.717, 1.165) is 12.8 Å². The minimum absolute atomic E-state index is 0.0258. The molecule has 5 heteroatoms. The number of amides is 2. The van der Waals surface area contributed by atoms with E-state index in [0.29, 0.717) is 18.8 Å². The lowest BCUT2D eigenvalue weighted by atomic mass is 10.1. The zero-order valence-corrected chi connectivity index (χ0v) is 11.6. The lowest BCUT2D eigenvalue weighted by molar-refractivity contribution is -0.128. The third kappa shape index (κ3) is 3.56. The van der Waals surface area contributed by atoms with E-state index in [2.05, 4.69) is 12.2 Å². The molecule has 1 unspecified atom stereocenters. The number of nitrogens with zero attached hydrogens (tertiary/aromatic N) is 1. The van der Waals surface area contributed by atoms with Crippen molar-refractivity contribution < 1.29 is 14.0 Å². The van der Waals surface area contributed by atoms with Crippen LogP contribution in [0.25, 0.3) is 0 Å². The predicted molar refractivity (Wildman–Crippen MR) is 74.6 cm³/mol. The van der Waals surface area contributed by atoms with Crippen LogP contribution in [-0.2, 0) is 9.59 Å². The fraction of sp³-hybridized carbons (Fsp3) is 0.467. The normalized spacial score (nSPS) is 18.4. The summed E-state index contributed by atoms with van der Waals surface area (Å²) in [5.74, 6) is -0.932. The fourth-order valence-electron chi connectivity index (χ4n) is 2.32. The van der Waals surface area contributed by atoms with E-state index in [1.807, 2.05) is 0 Å². The molecule has 20 heavy (non-hydrogen) atoms. The van der Waals surface area contributed by atoms with Crippen LogP contribution in [0.3, 0.4) is 0 Å². The summed E-state index contributed by atoms with van der Waals surface area (Å²) in [5.41, 5.74) is 0.425. The monoisotopic (exact) mass is 278 g/mol. The average Bonchev–Trinajstić information content (AvgIpc) is 2.78. The van der Waals surface area contributed by atoms with Gasteiger partial charge in [-0.05, 0) is 24.6 Å². The second-order valence-corrected chi connectivity index (χ2v) is 5.09. The van der Waals surface area contributed by atoms with Gasteiger partial charge < -0.3 is 10.2 Å². The summed E-state index contributed by atoms with van der Waals surface area (Å²) >= 11 is 0. The molecule has 2 rings (SSSR count). The van der Waals surface area contributed by atoms with E-state index in [1.165, 1.54) is 18.2 Å². The largest absolute Gasteiger partial charge is 0.342 e. The van der Waals surface area contributed by atoms with Crippen molar-refractivity contribution in [1.29, 1.82) is 0 Å². The van der Waals surface area contributed by atoms with Crippen molar-refractivity contribution in [3.05, 3.63) is 30.1 Å². The Bertz CT molecular complexity index is 504. The van der Waals surface area contributed by atoms with E-state index in [4.69, 9.17) is 0 Å². The molecular weight excluding hydrogens is 259 g/mol. The number of nitrogens with one attached hydrogen (secondary N) is 1. The first kappa shape index (κ1) is 14.5. The average molecular weight is 278 g/mol. The van der Waals surface area contributed by atoms with Crippen LogP contribution in [0, 0.1) is 11.7 Å². The molecule has 0 aliphatic carbocycles. The third-order valence-electron chi connectivity index (χ3n) is 3.46. The molecule has 4 nitrogen and oxygen atoms in total. The van der Waals surface area contributed by atoms with Crippen LogP contribution in [0.5, 0.6) is 0 Å². The van der Waals surface area contributed by atoms with E-state index >= 15 is 0 Å². The molecule has 0 aromatic heterocycles. The molecular formula is C15H19FN2O2. The van der Waals surface area contributed by atoms with Crippen LogP contribution >= 0.6 is 0 Å². The molecule has 2 amide bonds. The minimum atomic E-state index is -0.394. The number of carbonyl (C=O) groups excluding carboxylic acids is 2. The zero-order valence-electron chi connectivity index (χ0n) is 11.6. The SMILES string of the molecule is CCCCN1CC(C(=O)Nc2cccc(F)c2)CC1=O. The molecule has 0 radical (unpaired) electrons. The topological polar surface area (TPSA) is 49.4 Å².